The van der Waals surface area contributed by atoms with Gasteiger partial charge in [-0.25, -0.2) is 0 Å². The van der Waals surface area contributed by atoms with E-state index in [0.29, 0.717) is 52.9 Å². The molecule has 0 amide bonds. The summed E-state index contributed by atoms with van der Waals surface area (Å²) < 4.78 is 27.0. The summed E-state index contributed by atoms with van der Waals surface area (Å²) >= 11 is 0. The van der Waals surface area contributed by atoms with E-state index in [1.165, 1.54) is 0 Å². The number of rotatable bonds is 1. The van der Waals surface area contributed by atoms with Crippen LogP contribution in [0.2, 0.25) is 0 Å². The fourth-order valence-electron chi connectivity index (χ4n) is 1.30. The Hall–Kier alpha value is -0.460. The molecule has 1 aliphatic heterocycles. The molecular weight excluding hydrogens is 224 g/mol. The monoisotopic (exact) mass is 246 g/mol. The first-order valence-electron chi connectivity index (χ1n) is 5.92. The van der Waals surface area contributed by atoms with Crippen LogP contribution in [0, 0.1) is 0 Å². The summed E-state index contributed by atoms with van der Waals surface area (Å²) in [6.45, 7) is 10.1. The first kappa shape index (κ1) is 14.6. The van der Waals surface area contributed by atoms with Gasteiger partial charge in [-0.15, -0.1) is 0 Å². The average molecular weight is 246 g/mol. The van der Waals surface area contributed by atoms with Gasteiger partial charge < -0.3 is 23.7 Å². The van der Waals surface area contributed by atoms with Crippen LogP contribution in [0.5, 0.6) is 0 Å². The van der Waals surface area contributed by atoms with Gasteiger partial charge in [0.2, 0.25) is 0 Å². The lowest BCUT2D eigenvalue weighted by Crippen LogP contribution is -2.24. The molecule has 1 aliphatic rings. The SMILES string of the molecule is C=C(C)C1OCCOCCOCCOCCO1. The third-order valence-electron chi connectivity index (χ3n) is 2.14. The number of hydrogen-bond donors (Lipinski definition) is 0. The Balaban J connectivity index is 2.26. The van der Waals surface area contributed by atoms with Crippen molar-refractivity contribution in [3.8, 4) is 0 Å². The van der Waals surface area contributed by atoms with Gasteiger partial charge in [-0.1, -0.05) is 6.58 Å². The van der Waals surface area contributed by atoms with Gasteiger partial charge in [0.1, 0.15) is 0 Å². The van der Waals surface area contributed by atoms with Crippen molar-refractivity contribution >= 4 is 0 Å². The van der Waals surface area contributed by atoms with E-state index in [9.17, 15) is 0 Å². The smallest absolute Gasteiger partial charge is 0.179 e. The molecular formula is C12H22O5. The highest BCUT2D eigenvalue weighted by Crippen LogP contribution is 2.05. The van der Waals surface area contributed by atoms with Crippen LogP contribution < -0.4 is 0 Å². The molecule has 0 aromatic rings. The highest BCUT2D eigenvalue weighted by atomic mass is 16.7. The van der Waals surface area contributed by atoms with E-state index in [0.717, 1.165) is 5.57 Å². The third kappa shape index (κ3) is 7.46. The Labute approximate surface area is 103 Å². The predicted molar refractivity (Wildman–Crippen MR) is 63.0 cm³/mol. The zero-order valence-electron chi connectivity index (χ0n) is 10.5. The van der Waals surface area contributed by atoms with Crippen molar-refractivity contribution in [1.82, 2.24) is 0 Å². The molecule has 5 heteroatoms. The van der Waals surface area contributed by atoms with Crippen LogP contribution in [0.3, 0.4) is 0 Å². The molecule has 1 fully saturated rings. The molecule has 0 saturated carbocycles. The van der Waals surface area contributed by atoms with Crippen LogP contribution in [-0.4, -0.2) is 59.1 Å². The zero-order chi connectivity index (χ0) is 12.3. The molecule has 5 nitrogen and oxygen atoms in total. The van der Waals surface area contributed by atoms with Gasteiger partial charge in [0, 0.05) is 0 Å². The molecule has 0 radical (unpaired) electrons. The van der Waals surface area contributed by atoms with Gasteiger partial charge >= 0.3 is 0 Å². The van der Waals surface area contributed by atoms with E-state index >= 15 is 0 Å². The lowest BCUT2D eigenvalue weighted by Gasteiger charge is -2.19. The molecule has 0 aromatic carbocycles. The Bertz CT molecular complexity index is 193. The van der Waals surface area contributed by atoms with E-state index in [2.05, 4.69) is 6.58 Å². The van der Waals surface area contributed by atoms with Crippen LogP contribution in [0.1, 0.15) is 6.92 Å². The lowest BCUT2D eigenvalue weighted by molar-refractivity contribution is -0.141. The Morgan fingerprint density at radius 2 is 1.12 bits per heavy atom. The molecule has 0 bridgehead atoms. The van der Waals surface area contributed by atoms with Gasteiger partial charge in [0.25, 0.3) is 0 Å². The molecule has 100 valence electrons. The highest BCUT2D eigenvalue weighted by molar-refractivity contribution is 4.92. The Morgan fingerprint density at radius 1 is 0.765 bits per heavy atom. The Kier molecular flexibility index (Phi) is 8.21. The molecule has 0 spiro atoms. The molecule has 0 N–H and O–H groups in total. The van der Waals surface area contributed by atoms with Gasteiger partial charge in [0.05, 0.1) is 52.9 Å². The number of ether oxygens (including phenoxy) is 5. The fraction of sp³-hybridized carbons (Fsp3) is 0.833. The van der Waals surface area contributed by atoms with Crippen molar-refractivity contribution in [1.29, 1.82) is 0 Å². The fourth-order valence-corrected chi connectivity index (χ4v) is 1.30. The molecule has 1 saturated heterocycles. The van der Waals surface area contributed by atoms with E-state index < -0.39 is 0 Å². The maximum Gasteiger partial charge on any atom is 0.179 e. The molecule has 0 unspecified atom stereocenters. The minimum atomic E-state index is -0.374. The zero-order valence-corrected chi connectivity index (χ0v) is 10.5. The summed E-state index contributed by atoms with van der Waals surface area (Å²) in [5, 5.41) is 0. The molecule has 0 aliphatic carbocycles. The van der Waals surface area contributed by atoms with E-state index in [1.54, 1.807) is 0 Å². The van der Waals surface area contributed by atoms with Crippen LogP contribution in [0.15, 0.2) is 12.2 Å². The summed E-state index contributed by atoms with van der Waals surface area (Å²) in [7, 11) is 0. The van der Waals surface area contributed by atoms with E-state index in [-0.39, 0.29) is 6.29 Å². The van der Waals surface area contributed by atoms with Gasteiger partial charge in [0.15, 0.2) is 6.29 Å². The molecule has 1 heterocycles. The van der Waals surface area contributed by atoms with Crippen molar-refractivity contribution in [2.24, 2.45) is 0 Å². The second-order valence-electron chi connectivity index (χ2n) is 3.76. The topological polar surface area (TPSA) is 46.2 Å². The maximum atomic E-state index is 5.51. The van der Waals surface area contributed by atoms with Crippen LogP contribution >= 0.6 is 0 Å². The molecule has 0 atom stereocenters. The quantitative estimate of drug-likeness (QED) is 0.646. The van der Waals surface area contributed by atoms with Crippen molar-refractivity contribution in [2.45, 2.75) is 13.2 Å². The maximum absolute atomic E-state index is 5.51. The van der Waals surface area contributed by atoms with Gasteiger partial charge in [-0.05, 0) is 12.5 Å². The molecule has 17 heavy (non-hydrogen) atoms. The van der Waals surface area contributed by atoms with Gasteiger partial charge in [-0.2, -0.15) is 0 Å². The van der Waals surface area contributed by atoms with Gasteiger partial charge in [-0.3, -0.25) is 0 Å². The normalized spacial score (nSPS) is 22.9. The minimum absolute atomic E-state index is 0.374. The first-order chi connectivity index (χ1) is 8.30. The van der Waals surface area contributed by atoms with Crippen molar-refractivity contribution in [2.75, 3.05) is 52.9 Å². The van der Waals surface area contributed by atoms with Crippen molar-refractivity contribution in [3.63, 3.8) is 0 Å². The van der Waals surface area contributed by atoms with E-state index in [1.807, 2.05) is 6.92 Å². The van der Waals surface area contributed by atoms with Crippen LogP contribution in [-0.2, 0) is 23.7 Å². The minimum Gasteiger partial charge on any atom is -0.377 e. The van der Waals surface area contributed by atoms with Crippen molar-refractivity contribution < 1.29 is 23.7 Å². The first-order valence-corrected chi connectivity index (χ1v) is 5.92. The summed E-state index contributed by atoms with van der Waals surface area (Å²) in [6, 6.07) is 0. The second-order valence-corrected chi connectivity index (χ2v) is 3.76. The van der Waals surface area contributed by atoms with E-state index in [4.69, 9.17) is 23.7 Å². The largest absolute Gasteiger partial charge is 0.377 e. The lowest BCUT2D eigenvalue weighted by atomic mass is 10.3. The third-order valence-corrected chi connectivity index (χ3v) is 2.14. The number of hydrogen-bond acceptors (Lipinski definition) is 5. The standard InChI is InChI=1S/C12H22O5/c1-11(2)12-16-9-7-14-5-3-13-4-6-15-8-10-17-12/h12H,1,3-10H2,2H3. The average Bonchev–Trinajstić information content (AvgIpc) is 2.31. The molecule has 1 rings (SSSR count). The Morgan fingerprint density at radius 3 is 1.47 bits per heavy atom. The summed E-state index contributed by atoms with van der Waals surface area (Å²) in [4.78, 5) is 0. The molecule has 0 aromatic heterocycles. The van der Waals surface area contributed by atoms with Crippen molar-refractivity contribution in [3.05, 3.63) is 12.2 Å². The summed E-state index contributed by atoms with van der Waals surface area (Å²) in [5.41, 5.74) is 0.848. The highest BCUT2D eigenvalue weighted by Gasteiger charge is 2.10. The summed E-state index contributed by atoms with van der Waals surface area (Å²) in [6.07, 6.45) is -0.374. The van der Waals surface area contributed by atoms with Crippen LogP contribution in [0.25, 0.3) is 0 Å². The summed E-state index contributed by atoms with van der Waals surface area (Å²) in [5.74, 6) is 0. The second kappa shape index (κ2) is 9.56. The van der Waals surface area contributed by atoms with Crippen LogP contribution in [0.4, 0.5) is 0 Å². The predicted octanol–water partition coefficient (Wildman–Crippen LogP) is 0.985.